The minimum absolute atomic E-state index is 0.00196. The maximum atomic E-state index is 13.3. The summed E-state index contributed by atoms with van der Waals surface area (Å²) in [5.41, 5.74) is 1.36. The number of piperidine rings is 1. The number of alkyl halides is 5. The van der Waals surface area contributed by atoms with Gasteiger partial charge < -0.3 is 19.7 Å². The van der Waals surface area contributed by atoms with Crippen LogP contribution in [-0.2, 0) is 9.59 Å². The third kappa shape index (κ3) is 7.55. The van der Waals surface area contributed by atoms with E-state index in [0.717, 1.165) is 5.56 Å². The predicted molar refractivity (Wildman–Crippen MR) is 126 cm³/mol. The Bertz CT molecular complexity index is 1130. The Labute approximate surface area is 216 Å². The van der Waals surface area contributed by atoms with Crippen molar-refractivity contribution in [2.75, 3.05) is 26.3 Å². The number of hydrogen-bond acceptors (Lipinski definition) is 5. The molecule has 1 aromatic heterocycles. The third-order valence-electron chi connectivity index (χ3n) is 6.59. The summed E-state index contributed by atoms with van der Waals surface area (Å²) in [5, 5.41) is 2.87. The van der Waals surface area contributed by atoms with Crippen molar-refractivity contribution >= 4 is 11.8 Å². The number of nitrogens with zero attached hydrogens (tertiary/aromatic N) is 2. The zero-order chi connectivity index (χ0) is 27.5. The van der Waals surface area contributed by atoms with Gasteiger partial charge in [0.15, 0.2) is 13.2 Å². The number of ether oxygens (including phenoxy) is 2. The van der Waals surface area contributed by atoms with E-state index >= 15 is 0 Å². The van der Waals surface area contributed by atoms with E-state index in [1.165, 1.54) is 23.2 Å². The van der Waals surface area contributed by atoms with E-state index in [9.17, 15) is 31.5 Å². The molecule has 2 heterocycles. The second-order valence-corrected chi connectivity index (χ2v) is 9.60. The van der Waals surface area contributed by atoms with Gasteiger partial charge in [0.05, 0.1) is 17.9 Å². The van der Waals surface area contributed by atoms with E-state index in [1.54, 1.807) is 25.1 Å². The fraction of sp³-hybridized carbons (Fsp3) is 0.500. The molecule has 206 valence electrons. The maximum Gasteiger partial charge on any atom is 0.422 e. The van der Waals surface area contributed by atoms with Crippen molar-refractivity contribution in [2.45, 2.75) is 50.2 Å². The third-order valence-corrected chi connectivity index (χ3v) is 6.59. The predicted octanol–water partition coefficient (Wildman–Crippen LogP) is 4.64. The average molecular weight is 542 g/mol. The van der Waals surface area contributed by atoms with Gasteiger partial charge in [-0.25, -0.2) is 8.78 Å². The number of amides is 2. The molecule has 4 rings (SSSR count). The summed E-state index contributed by atoms with van der Waals surface area (Å²) in [6, 6.07) is 9.49. The van der Waals surface area contributed by atoms with Crippen LogP contribution < -0.4 is 14.8 Å². The highest BCUT2D eigenvalue weighted by molar-refractivity contribution is 5.83. The minimum Gasteiger partial charge on any atom is -0.484 e. The van der Waals surface area contributed by atoms with Gasteiger partial charge in [-0.15, -0.1) is 0 Å². The molecular weight excluding hydrogens is 513 g/mol. The van der Waals surface area contributed by atoms with Crippen molar-refractivity contribution in [2.24, 2.45) is 5.92 Å². The standard InChI is InChI=1S/C26H28F5N3O4/c1-16(22-6-5-19(13-32-22)38-15-26(29,30)31)33-24(36)21-12-20(21)17-3-2-4-18(11-17)37-14-23(35)34-9-7-25(27,28)8-10-34/h2-6,11,13,16,20-21H,7-10,12,14-15H2,1H3,(H,33,36)/t16?,20-,21+/m1/s1. The molecule has 1 aromatic carbocycles. The van der Waals surface area contributed by atoms with Crippen LogP contribution in [0, 0.1) is 5.92 Å². The number of pyridine rings is 1. The fourth-order valence-electron chi connectivity index (χ4n) is 4.30. The van der Waals surface area contributed by atoms with Crippen LogP contribution in [0.4, 0.5) is 22.0 Å². The van der Waals surface area contributed by atoms with Crippen LogP contribution in [0.3, 0.4) is 0 Å². The molecule has 1 saturated carbocycles. The van der Waals surface area contributed by atoms with Crippen molar-refractivity contribution in [3.63, 3.8) is 0 Å². The van der Waals surface area contributed by atoms with Gasteiger partial charge in [0.25, 0.3) is 11.8 Å². The molecule has 2 amide bonds. The molecule has 0 spiro atoms. The van der Waals surface area contributed by atoms with E-state index in [0.29, 0.717) is 17.9 Å². The van der Waals surface area contributed by atoms with Gasteiger partial charge >= 0.3 is 6.18 Å². The Morgan fingerprint density at radius 3 is 2.53 bits per heavy atom. The van der Waals surface area contributed by atoms with Crippen LogP contribution in [0.2, 0.25) is 0 Å². The first-order valence-corrected chi connectivity index (χ1v) is 12.2. The van der Waals surface area contributed by atoms with Crippen LogP contribution in [0.15, 0.2) is 42.6 Å². The summed E-state index contributed by atoms with van der Waals surface area (Å²) in [4.78, 5) is 30.5. The second-order valence-electron chi connectivity index (χ2n) is 9.60. The monoisotopic (exact) mass is 541 g/mol. The SMILES string of the molecule is CC(NC(=O)[C@H]1C[C@@H]1c1cccc(OCC(=O)N2CCC(F)(F)CC2)c1)c1ccc(OCC(F)(F)F)cn1. The summed E-state index contributed by atoms with van der Waals surface area (Å²) in [7, 11) is 0. The molecule has 2 fully saturated rings. The number of aromatic nitrogens is 1. The number of nitrogens with one attached hydrogen (secondary N) is 1. The number of carbonyl (C=O) groups is 2. The molecule has 1 unspecified atom stereocenters. The molecule has 1 N–H and O–H groups in total. The lowest BCUT2D eigenvalue weighted by molar-refractivity contribution is -0.153. The molecule has 1 saturated heterocycles. The van der Waals surface area contributed by atoms with E-state index in [1.807, 2.05) is 6.07 Å². The Balaban J connectivity index is 1.24. The highest BCUT2D eigenvalue weighted by Gasteiger charge is 2.44. The lowest BCUT2D eigenvalue weighted by Crippen LogP contribution is -2.44. The quantitative estimate of drug-likeness (QED) is 0.468. The highest BCUT2D eigenvalue weighted by atomic mass is 19.4. The normalized spacial score (nSPS) is 21.4. The first-order chi connectivity index (χ1) is 17.9. The Morgan fingerprint density at radius 1 is 1.13 bits per heavy atom. The van der Waals surface area contributed by atoms with Crippen molar-refractivity contribution < 1.29 is 41.0 Å². The molecule has 2 aliphatic rings. The molecule has 38 heavy (non-hydrogen) atoms. The molecular formula is C26H28F5N3O4. The van der Waals surface area contributed by atoms with Crippen molar-refractivity contribution in [3.8, 4) is 11.5 Å². The van der Waals surface area contributed by atoms with E-state index in [2.05, 4.69) is 15.0 Å². The topological polar surface area (TPSA) is 80.8 Å². The number of halogens is 5. The van der Waals surface area contributed by atoms with Gasteiger partial charge in [0.1, 0.15) is 11.5 Å². The van der Waals surface area contributed by atoms with Gasteiger partial charge in [-0.3, -0.25) is 14.6 Å². The molecule has 2 aromatic rings. The summed E-state index contributed by atoms with van der Waals surface area (Å²) < 4.78 is 73.7. The molecule has 12 heteroatoms. The number of hydrogen-bond donors (Lipinski definition) is 1. The second kappa shape index (κ2) is 11.1. The van der Waals surface area contributed by atoms with Gasteiger partial charge in [-0.2, -0.15) is 13.2 Å². The smallest absolute Gasteiger partial charge is 0.422 e. The maximum absolute atomic E-state index is 13.3. The number of benzene rings is 1. The van der Waals surface area contributed by atoms with Crippen LogP contribution >= 0.6 is 0 Å². The molecule has 7 nitrogen and oxygen atoms in total. The van der Waals surface area contributed by atoms with Gasteiger partial charge in [-0.05, 0) is 49.1 Å². The van der Waals surface area contributed by atoms with Crippen molar-refractivity contribution in [1.29, 1.82) is 0 Å². The largest absolute Gasteiger partial charge is 0.484 e. The number of likely N-dealkylation sites (tertiary alicyclic amines) is 1. The average Bonchev–Trinajstić information content (AvgIpc) is 3.67. The summed E-state index contributed by atoms with van der Waals surface area (Å²) >= 11 is 0. The van der Waals surface area contributed by atoms with E-state index in [4.69, 9.17) is 4.74 Å². The van der Waals surface area contributed by atoms with Crippen molar-refractivity contribution in [1.82, 2.24) is 15.2 Å². The molecule has 1 aliphatic carbocycles. The lowest BCUT2D eigenvalue weighted by atomic mass is 10.1. The van der Waals surface area contributed by atoms with E-state index < -0.39 is 24.7 Å². The Kier molecular flexibility index (Phi) is 8.08. The van der Waals surface area contributed by atoms with Gasteiger partial charge in [-0.1, -0.05) is 12.1 Å². The van der Waals surface area contributed by atoms with Gasteiger partial charge in [0.2, 0.25) is 5.91 Å². The first kappa shape index (κ1) is 27.6. The fourth-order valence-corrected chi connectivity index (χ4v) is 4.30. The number of rotatable bonds is 9. The Hall–Kier alpha value is -3.44. The number of carbonyl (C=O) groups excluding carboxylic acids is 2. The lowest BCUT2D eigenvalue weighted by Gasteiger charge is -2.31. The van der Waals surface area contributed by atoms with Crippen molar-refractivity contribution in [3.05, 3.63) is 53.9 Å². The van der Waals surface area contributed by atoms with Crippen LogP contribution in [0.25, 0.3) is 0 Å². The molecule has 0 bridgehead atoms. The summed E-state index contributed by atoms with van der Waals surface area (Å²) in [5.74, 6) is -3.12. The first-order valence-electron chi connectivity index (χ1n) is 12.2. The van der Waals surface area contributed by atoms with Crippen LogP contribution in [-0.4, -0.2) is 60.1 Å². The molecule has 0 radical (unpaired) electrons. The van der Waals surface area contributed by atoms with Gasteiger partial charge in [0, 0.05) is 31.8 Å². The molecule has 3 atom stereocenters. The summed E-state index contributed by atoms with van der Waals surface area (Å²) in [6.45, 7) is 0.0544. The Morgan fingerprint density at radius 2 is 1.87 bits per heavy atom. The minimum atomic E-state index is -4.44. The van der Waals surface area contributed by atoms with Crippen LogP contribution in [0.1, 0.15) is 49.4 Å². The highest BCUT2D eigenvalue weighted by Crippen LogP contribution is 2.48. The molecule has 1 aliphatic heterocycles. The zero-order valence-electron chi connectivity index (χ0n) is 20.6. The zero-order valence-corrected chi connectivity index (χ0v) is 20.6. The summed E-state index contributed by atoms with van der Waals surface area (Å²) in [6.07, 6.45) is -3.34. The van der Waals surface area contributed by atoms with E-state index in [-0.39, 0.29) is 61.9 Å². The van der Waals surface area contributed by atoms with Crippen LogP contribution in [0.5, 0.6) is 11.5 Å².